The zero-order valence-electron chi connectivity index (χ0n) is 19.3. The number of hydrogen-bond donors (Lipinski definition) is 1. The van der Waals surface area contributed by atoms with Crippen molar-refractivity contribution >= 4 is 22.6 Å². The SMILES string of the molecule is CCCCCCc1cc2c3c(c(=O)oc2cc1OCC(=O)Nc1ccc(F)cc1F)CCCC3. The van der Waals surface area contributed by atoms with Crippen molar-refractivity contribution in [3.63, 3.8) is 0 Å². The summed E-state index contributed by atoms with van der Waals surface area (Å²) in [6, 6.07) is 6.65. The Kier molecular flexibility index (Phi) is 7.60. The lowest BCUT2D eigenvalue weighted by Gasteiger charge is -2.18. The molecule has 180 valence electrons. The monoisotopic (exact) mass is 469 g/mol. The standard InChI is InChI=1S/C27H29F2NO4/c1-2-3-4-5-8-17-13-21-19-9-6-7-10-20(19)27(32)34-25(21)15-24(17)33-16-26(31)30-23-12-11-18(28)14-22(23)29/h11-15H,2-10,16H2,1H3,(H,30,31). The molecule has 0 saturated carbocycles. The second kappa shape index (κ2) is 10.8. The van der Waals surface area contributed by atoms with Gasteiger partial charge in [0, 0.05) is 23.1 Å². The summed E-state index contributed by atoms with van der Waals surface area (Å²) in [5, 5.41) is 3.33. The summed E-state index contributed by atoms with van der Waals surface area (Å²) >= 11 is 0. The van der Waals surface area contributed by atoms with Gasteiger partial charge in [0.05, 0.1) is 5.69 Å². The van der Waals surface area contributed by atoms with Gasteiger partial charge in [-0.25, -0.2) is 13.6 Å². The Balaban J connectivity index is 1.58. The van der Waals surface area contributed by atoms with Gasteiger partial charge in [-0.3, -0.25) is 4.79 Å². The Morgan fingerprint density at radius 3 is 2.62 bits per heavy atom. The minimum atomic E-state index is -0.859. The summed E-state index contributed by atoms with van der Waals surface area (Å²) in [6.45, 7) is 1.79. The van der Waals surface area contributed by atoms with Crippen molar-refractivity contribution in [2.75, 3.05) is 11.9 Å². The van der Waals surface area contributed by atoms with E-state index in [-0.39, 0.29) is 17.9 Å². The number of ether oxygens (including phenoxy) is 1. The average molecular weight is 470 g/mol. The summed E-state index contributed by atoms with van der Waals surface area (Å²) in [5.41, 5.74) is 2.79. The number of rotatable bonds is 9. The lowest BCUT2D eigenvalue weighted by atomic mass is 9.89. The summed E-state index contributed by atoms with van der Waals surface area (Å²) < 4.78 is 38.4. The van der Waals surface area contributed by atoms with Gasteiger partial charge in [-0.2, -0.15) is 0 Å². The van der Waals surface area contributed by atoms with Crippen molar-refractivity contribution < 1.29 is 22.7 Å². The number of fused-ring (bicyclic) bond motifs is 3. The second-order valence-corrected chi connectivity index (χ2v) is 8.78. The first-order chi connectivity index (χ1) is 16.5. The van der Waals surface area contributed by atoms with Crippen LogP contribution in [0.25, 0.3) is 11.0 Å². The van der Waals surface area contributed by atoms with Crippen molar-refractivity contribution in [3.05, 3.63) is 69.1 Å². The molecule has 0 unspecified atom stereocenters. The second-order valence-electron chi connectivity index (χ2n) is 8.78. The van der Waals surface area contributed by atoms with Crippen LogP contribution in [-0.2, 0) is 24.1 Å². The summed E-state index contributed by atoms with van der Waals surface area (Å²) in [4.78, 5) is 24.9. The average Bonchev–Trinajstić information content (AvgIpc) is 2.82. The molecule has 1 heterocycles. The van der Waals surface area contributed by atoms with Gasteiger partial charge in [-0.05, 0) is 67.9 Å². The van der Waals surface area contributed by atoms with Crippen LogP contribution in [0.5, 0.6) is 5.75 Å². The fraction of sp³-hybridized carbons (Fsp3) is 0.407. The molecule has 34 heavy (non-hydrogen) atoms. The van der Waals surface area contributed by atoms with Crippen molar-refractivity contribution in [2.24, 2.45) is 0 Å². The molecule has 4 rings (SSSR count). The van der Waals surface area contributed by atoms with Crippen LogP contribution in [0.1, 0.15) is 62.1 Å². The number of anilines is 1. The van der Waals surface area contributed by atoms with Crippen molar-refractivity contribution in [2.45, 2.75) is 64.7 Å². The highest BCUT2D eigenvalue weighted by atomic mass is 19.1. The minimum Gasteiger partial charge on any atom is -0.483 e. The van der Waals surface area contributed by atoms with Crippen molar-refractivity contribution in [1.29, 1.82) is 0 Å². The van der Waals surface area contributed by atoms with Gasteiger partial charge in [0.1, 0.15) is 23.0 Å². The molecule has 1 amide bonds. The molecule has 5 nitrogen and oxygen atoms in total. The van der Waals surface area contributed by atoms with Gasteiger partial charge >= 0.3 is 5.63 Å². The van der Waals surface area contributed by atoms with Crippen LogP contribution in [0, 0.1) is 11.6 Å². The van der Waals surface area contributed by atoms with Gasteiger partial charge < -0.3 is 14.5 Å². The topological polar surface area (TPSA) is 68.5 Å². The molecule has 3 aromatic rings. The number of amides is 1. The van der Waals surface area contributed by atoms with Gasteiger partial charge in [-0.1, -0.05) is 26.2 Å². The first-order valence-electron chi connectivity index (χ1n) is 12.0. The third-order valence-corrected chi connectivity index (χ3v) is 6.27. The Bertz CT molecular complexity index is 1250. The maximum Gasteiger partial charge on any atom is 0.339 e. The number of carbonyl (C=O) groups excluding carboxylic acids is 1. The molecular weight excluding hydrogens is 440 g/mol. The minimum absolute atomic E-state index is 0.120. The zero-order chi connectivity index (χ0) is 24.1. The van der Waals surface area contributed by atoms with E-state index in [9.17, 15) is 18.4 Å². The van der Waals surface area contributed by atoms with Crippen LogP contribution in [-0.4, -0.2) is 12.5 Å². The quantitative estimate of drug-likeness (QED) is 0.304. The number of unbranched alkanes of at least 4 members (excludes halogenated alkanes) is 3. The number of halogens is 2. The maximum atomic E-state index is 13.9. The van der Waals surface area contributed by atoms with E-state index in [1.807, 2.05) is 6.07 Å². The van der Waals surface area contributed by atoms with E-state index >= 15 is 0 Å². The number of benzene rings is 2. The maximum absolute atomic E-state index is 13.9. The van der Waals surface area contributed by atoms with Gasteiger partial charge in [0.25, 0.3) is 5.91 Å². The van der Waals surface area contributed by atoms with Crippen LogP contribution >= 0.6 is 0 Å². The molecule has 0 bridgehead atoms. The van der Waals surface area contributed by atoms with Crippen LogP contribution in [0.15, 0.2) is 39.5 Å². The molecule has 0 radical (unpaired) electrons. The van der Waals surface area contributed by atoms with Gasteiger partial charge in [-0.15, -0.1) is 0 Å². The predicted octanol–water partition coefficient (Wildman–Crippen LogP) is 6.09. The molecule has 0 spiro atoms. The zero-order valence-corrected chi connectivity index (χ0v) is 19.3. The largest absolute Gasteiger partial charge is 0.483 e. The molecule has 0 saturated heterocycles. The highest BCUT2D eigenvalue weighted by Crippen LogP contribution is 2.33. The highest BCUT2D eigenvalue weighted by Gasteiger charge is 2.20. The number of aryl methyl sites for hydroxylation is 2. The van der Waals surface area contributed by atoms with E-state index < -0.39 is 17.5 Å². The third kappa shape index (κ3) is 5.46. The fourth-order valence-electron chi connectivity index (χ4n) is 4.51. The fourth-order valence-corrected chi connectivity index (χ4v) is 4.51. The van der Waals surface area contributed by atoms with Crippen molar-refractivity contribution in [3.8, 4) is 5.75 Å². The van der Waals surface area contributed by atoms with Crippen LogP contribution < -0.4 is 15.7 Å². The Morgan fingerprint density at radius 2 is 1.85 bits per heavy atom. The number of carbonyl (C=O) groups is 1. The molecule has 0 fully saturated rings. The molecule has 1 N–H and O–H groups in total. The molecule has 0 aliphatic heterocycles. The van der Waals surface area contributed by atoms with E-state index in [1.54, 1.807) is 6.07 Å². The van der Waals surface area contributed by atoms with E-state index in [2.05, 4.69) is 12.2 Å². The number of hydrogen-bond acceptors (Lipinski definition) is 4. The van der Waals surface area contributed by atoms with Gasteiger partial charge in [0.2, 0.25) is 0 Å². The van der Waals surface area contributed by atoms with Crippen molar-refractivity contribution in [1.82, 2.24) is 0 Å². The first kappa shape index (κ1) is 23.9. The van der Waals surface area contributed by atoms with E-state index in [0.717, 1.165) is 92.0 Å². The van der Waals surface area contributed by atoms with E-state index in [4.69, 9.17) is 9.15 Å². The van der Waals surface area contributed by atoms with Crippen LogP contribution in [0.4, 0.5) is 14.5 Å². The molecule has 0 atom stereocenters. The number of nitrogens with one attached hydrogen (secondary N) is 1. The Labute approximate surface area is 197 Å². The molecule has 2 aromatic carbocycles. The molecule has 1 aliphatic rings. The molecule has 7 heteroatoms. The Morgan fingerprint density at radius 1 is 1.06 bits per heavy atom. The highest BCUT2D eigenvalue weighted by molar-refractivity contribution is 5.92. The van der Waals surface area contributed by atoms with Crippen LogP contribution in [0.2, 0.25) is 0 Å². The summed E-state index contributed by atoms with van der Waals surface area (Å²) in [6.07, 6.45) is 8.69. The lowest BCUT2D eigenvalue weighted by molar-refractivity contribution is -0.118. The van der Waals surface area contributed by atoms with E-state index in [0.29, 0.717) is 17.4 Å². The summed E-state index contributed by atoms with van der Waals surface area (Å²) in [5.74, 6) is -1.69. The lowest BCUT2D eigenvalue weighted by Crippen LogP contribution is -2.21. The molecule has 1 aliphatic carbocycles. The summed E-state index contributed by atoms with van der Waals surface area (Å²) in [7, 11) is 0. The molecule has 1 aromatic heterocycles. The smallest absolute Gasteiger partial charge is 0.339 e. The Hall–Kier alpha value is -3.22. The third-order valence-electron chi connectivity index (χ3n) is 6.27. The predicted molar refractivity (Wildman–Crippen MR) is 127 cm³/mol. The normalized spacial score (nSPS) is 13.0. The first-order valence-corrected chi connectivity index (χ1v) is 12.0. The molecular formula is C27H29F2NO4. The van der Waals surface area contributed by atoms with Crippen LogP contribution in [0.3, 0.4) is 0 Å². The van der Waals surface area contributed by atoms with E-state index in [1.165, 1.54) is 0 Å². The van der Waals surface area contributed by atoms with Gasteiger partial charge in [0.15, 0.2) is 6.61 Å².